The summed E-state index contributed by atoms with van der Waals surface area (Å²) in [7, 11) is -4.32. The second kappa shape index (κ2) is 11.1. The Kier molecular flexibility index (Phi) is 8.37. The zero-order chi connectivity index (χ0) is 27.4. The van der Waals surface area contributed by atoms with E-state index >= 15 is 0 Å². The van der Waals surface area contributed by atoms with Gasteiger partial charge in [0, 0.05) is 11.6 Å². The number of nitrogen functional groups attached to an aromatic ring is 1. The fourth-order valence-corrected chi connectivity index (χ4v) is 3.99. The van der Waals surface area contributed by atoms with Crippen LogP contribution in [-0.4, -0.2) is 36.5 Å². The molecule has 11 heteroatoms. The number of nitrogens with one attached hydrogen (secondary N) is 1. The van der Waals surface area contributed by atoms with Gasteiger partial charge in [-0.25, -0.2) is 19.1 Å². The fraction of sp³-hybridized carbons (Fsp3) is 0.346. The minimum absolute atomic E-state index is 0.0121. The summed E-state index contributed by atoms with van der Waals surface area (Å²) in [6.45, 7) is 9.86. The molecule has 2 heterocycles. The molecule has 0 fully saturated rings. The van der Waals surface area contributed by atoms with Crippen LogP contribution in [0.1, 0.15) is 51.4 Å². The third-order valence-electron chi connectivity index (χ3n) is 5.33. The van der Waals surface area contributed by atoms with Gasteiger partial charge in [0.1, 0.15) is 28.5 Å². The summed E-state index contributed by atoms with van der Waals surface area (Å²) in [6, 6.07) is 11.1. The average Bonchev–Trinajstić information content (AvgIpc) is 2.82. The van der Waals surface area contributed by atoms with Gasteiger partial charge in [0.05, 0.1) is 12.3 Å². The number of sulfonamides is 1. The highest BCUT2D eigenvalue weighted by Gasteiger charge is 2.27. The van der Waals surface area contributed by atoms with E-state index in [2.05, 4.69) is 9.97 Å². The Bertz CT molecular complexity index is 1390. The first-order valence-electron chi connectivity index (χ1n) is 11.7. The lowest BCUT2D eigenvalue weighted by Crippen LogP contribution is -2.33. The largest absolute Gasteiger partial charge is 0.493 e. The molecule has 0 saturated heterocycles. The molecule has 0 spiro atoms. The number of amides is 1. The Morgan fingerprint density at radius 1 is 1.14 bits per heavy atom. The lowest BCUT2D eigenvalue weighted by atomic mass is 10.1. The van der Waals surface area contributed by atoms with Crippen LogP contribution in [-0.2, 0) is 10.0 Å². The summed E-state index contributed by atoms with van der Waals surface area (Å²) >= 11 is 0. The van der Waals surface area contributed by atoms with Crippen molar-refractivity contribution in [3.05, 3.63) is 59.9 Å². The maximum Gasteiger partial charge on any atom is 0.281 e. The molecule has 3 N–H and O–H groups in total. The van der Waals surface area contributed by atoms with Gasteiger partial charge < -0.3 is 15.2 Å². The van der Waals surface area contributed by atoms with Crippen molar-refractivity contribution in [3.63, 3.8) is 0 Å². The van der Waals surface area contributed by atoms with Gasteiger partial charge in [0.15, 0.2) is 5.03 Å². The minimum atomic E-state index is -4.32. The number of pyridine rings is 2. The number of carbonyl (C=O) groups excluding carboxylic acids is 1. The van der Waals surface area contributed by atoms with Crippen molar-refractivity contribution in [3.8, 4) is 22.9 Å². The smallest absolute Gasteiger partial charge is 0.281 e. The SMILES string of the molecule is CCC(C)(C)Oc1nc(-c2cc(F)cc(OCC(C)C)c2)ccc1C(=O)NS(=O)(=O)c1cccc(N)n1. The Hall–Kier alpha value is -3.73. The van der Waals surface area contributed by atoms with Gasteiger partial charge in [-0.15, -0.1) is 0 Å². The Morgan fingerprint density at radius 2 is 1.86 bits per heavy atom. The molecule has 3 aromatic rings. The molecule has 1 amide bonds. The molecule has 2 aromatic heterocycles. The number of rotatable bonds is 10. The number of anilines is 1. The lowest BCUT2D eigenvalue weighted by molar-refractivity contribution is 0.0897. The molecule has 1 aromatic carbocycles. The molecule has 0 atom stereocenters. The topological polar surface area (TPSA) is 134 Å². The predicted molar refractivity (Wildman–Crippen MR) is 138 cm³/mol. The van der Waals surface area contributed by atoms with E-state index in [0.29, 0.717) is 30.0 Å². The molecular formula is C26H31FN4O5S. The Labute approximate surface area is 216 Å². The highest BCUT2D eigenvalue weighted by molar-refractivity contribution is 7.90. The van der Waals surface area contributed by atoms with Crippen LogP contribution in [0.25, 0.3) is 11.3 Å². The summed E-state index contributed by atoms with van der Waals surface area (Å²) < 4.78 is 53.5. The van der Waals surface area contributed by atoms with Crippen LogP contribution in [0.2, 0.25) is 0 Å². The summed E-state index contributed by atoms with van der Waals surface area (Å²) in [5.74, 6) is -1.02. The van der Waals surface area contributed by atoms with Gasteiger partial charge in [-0.2, -0.15) is 8.42 Å². The molecule has 0 bridgehead atoms. The molecule has 0 aliphatic carbocycles. The maximum absolute atomic E-state index is 14.4. The van der Waals surface area contributed by atoms with Gasteiger partial charge in [-0.3, -0.25) is 4.79 Å². The minimum Gasteiger partial charge on any atom is -0.493 e. The molecule has 0 radical (unpaired) electrons. The molecule has 0 unspecified atom stereocenters. The second-order valence-electron chi connectivity index (χ2n) is 9.48. The number of nitrogens with two attached hydrogens (primary N) is 1. The first-order valence-corrected chi connectivity index (χ1v) is 13.2. The quantitative estimate of drug-likeness (QED) is 0.389. The molecular weight excluding hydrogens is 499 g/mol. The van der Waals surface area contributed by atoms with E-state index in [4.69, 9.17) is 15.2 Å². The summed E-state index contributed by atoms with van der Waals surface area (Å²) in [5.41, 5.74) is 5.44. The van der Waals surface area contributed by atoms with Crippen LogP contribution in [0, 0.1) is 11.7 Å². The van der Waals surface area contributed by atoms with Crippen LogP contribution in [0.3, 0.4) is 0 Å². The maximum atomic E-state index is 14.4. The third-order valence-corrected chi connectivity index (χ3v) is 6.56. The number of ether oxygens (including phenoxy) is 2. The van der Waals surface area contributed by atoms with E-state index in [0.717, 1.165) is 0 Å². The van der Waals surface area contributed by atoms with Crippen molar-refractivity contribution in [2.24, 2.45) is 5.92 Å². The number of benzene rings is 1. The summed E-state index contributed by atoms with van der Waals surface area (Å²) in [5, 5.41) is -0.407. The van der Waals surface area contributed by atoms with E-state index < -0.39 is 32.4 Å². The summed E-state index contributed by atoms with van der Waals surface area (Å²) in [6.07, 6.45) is 0.568. The van der Waals surface area contributed by atoms with E-state index in [1.54, 1.807) is 19.9 Å². The molecule has 9 nitrogen and oxygen atoms in total. The van der Waals surface area contributed by atoms with E-state index in [9.17, 15) is 17.6 Å². The van der Waals surface area contributed by atoms with E-state index in [1.165, 1.54) is 42.5 Å². The van der Waals surface area contributed by atoms with Crippen LogP contribution in [0.4, 0.5) is 10.2 Å². The number of aromatic nitrogens is 2. The van der Waals surface area contributed by atoms with Crippen molar-refractivity contribution in [1.82, 2.24) is 14.7 Å². The van der Waals surface area contributed by atoms with Crippen molar-refractivity contribution in [2.45, 2.75) is 51.7 Å². The second-order valence-corrected chi connectivity index (χ2v) is 11.1. The monoisotopic (exact) mass is 530 g/mol. The molecule has 0 aliphatic heterocycles. The third kappa shape index (κ3) is 7.39. The highest BCUT2D eigenvalue weighted by atomic mass is 32.2. The fourth-order valence-electron chi connectivity index (χ4n) is 3.05. The van der Waals surface area contributed by atoms with Gasteiger partial charge in [0.25, 0.3) is 15.9 Å². The van der Waals surface area contributed by atoms with Crippen LogP contribution in [0.5, 0.6) is 11.6 Å². The molecule has 3 rings (SSSR count). The summed E-state index contributed by atoms with van der Waals surface area (Å²) in [4.78, 5) is 21.3. The van der Waals surface area contributed by atoms with Crippen LogP contribution >= 0.6 is 0 Å². The molecule has 0 aliphatic rings. The zero-order valence-corrected chi connectivity index (χ0v) is 22.2. The molecule has 0 saturated carbocycles. The molecule has 198 valence electrons. The Balaban J connectivity index is 2.01. The van der Waals surface area contributed by atoms with Gasteiger partial charge >= 0.3 is 0 Å². The van der Waals surface area contributed by atoms with Gasteiger partial charge in [-0.1, -0.05) is 26.8 Å². The zero-order valence-electron chi connectivity index (χ0n) is 21.4. The number of nitrogens with zero attached hydrogens (tertiary/aromatic N) is 2. The number of halogens is 1. The van der Waals surface area contributed by atoms with Crippen molar-refractivity contribution < 1.29 is 27.1 Å². The standard InChI is InChI=1S/C26H31FN4O5S/c1-6-26(4,5)36-25-20(24(32)31-37(33,34)23-9-7-8-22(28)30-23)10-11-21(29-25)17-12-18(27)14-19(13-17)35-15-16(2)3/h7-14,16H,6,15H2,1-5H3,(H2,28,30)(H,31,32). The number of carbonyl (C=O) groups is 1. The van der Waals surface area contributed by atoms with E-state index in [-0.39, 0.29) is 23.2 Å². The van der Waals surface area contributed by atoms with Crippen molar-refractivity contribution >= 4 is 21.7 Å². The lowest BCUT2D eigenvalue weighted by Gasteiger charge is -2.25. The number of hydrogen-bond acceptors (Lipinski definition) is 8. The normalized spacial score (nSPS) is 11.9. The predicted octanol–water partition coefficient (Wildman–Crippen LogP) is 4.59. The average molecular weight is 531 g/mol. The highest BCUT2D eigenvalue weighted by Crippen LogP contribution is 2.30. The first kappa shape index (κ1) is 27.9. The van der Waals surface area contributed by atoms with Crippen molar-refractivity contribution in [2.75, 3.05) is 12.3 Å². The Morgan fingerprint density at radius 3 is 2.51 bits per heavy atom. The van der Waals surface area contributed by atoms with Gasteiger partial charge in [0.2, 0.25) is 5.88 Å². The van der Waals surface area contributed by atoms with Crippen LogP contribution < -0.4 is 19.9 Å². The van der Waals surface area contributed by atoms with E-state index in [1.807, 2.05) is 25.5 Å². The molecule has 37 heavy (non-hydrogen) atoms. The van der Waals surface area contributed by atoms with Crippen molar-refractivity contribution in [1.29, 1.82) is 0 Å². The van der Waals surface area contributed by atoms with Crippen LogP contribution in [0.15, 0.2) is 53.6 Å². The van der Waals surface area contributed by atoms with Gasteiger partial charge in [-0.05, 0) is 62.6 Å². The number of hydrogen-bond donors (Lipinski definition) is 2. The first-order chi connectivity index (χ1) is 17.3.